The number of hydrazone groups is 1. The zero-order valence-corrected chi connectivity index (χ0v) is 8.03. The predicted molar refractivity (Wildman–Crippen MR) is 57.4 cm³/mol. The van der Waals surface area contributed by atoms with Crippen molar-refractivity contribution in [3.05, 3.63) is 23.9 Å². The Bertz CT molecular complexity index is 374. The lowest BCUT2D eigenvalue weighted by atomic mass is 9.82. The van der Waals surface area contributed by atoms with Gasteiger partial charge in [0.15, 0.2) is 0 Å². The van der Waals surface area contributed by atoms with Gasteiger partial charge in [-0.15, -0.1) is 0 Å². The van der Waals surface area contributed by atoms with Crippen molar-refractivity contribution in [3.63, 3.8) is 0 Å². The number of aliphatic imine (C=N–C) groups is 1. The molecule has 0 aromatic rings. The van der Waals surface area contributed by atoms with Crippen LogP contribution in [0.1, 0.15) is 19.3 Å². The molecule has 0 aromatic carbocycles. The Morgan fingerprint density at radius 1 is 1.36 bits per heavy atom. The highest BCUT2D eigenvalue weighted by molar-refractivity contribution is 6.27. The number of hydrogen-bond donors (Lipinski definition) is 1. The highest BCUT2D eigenvalue weighted by atomic mass is 15.3. The molecule has 1 atom stereocenters. The molecule has 1 N–H and O–H groups in total. The van der Waals surface area contributed by atoms with E-state index >= 15 is 0 Å². The van der Waals surface area contributed by atoms with Crippen LogP contribution < -0.4 is 5.43 Å². The minimum atomic E-state index is 0.701. The highest BCUT2D eigenvalue weighted by Gasteiger charge is 2.31. The molecule has 0 bridgehead atoms. The van der Waals surface area contributed by atoms with Gasteiger partial charge in [0.25, 0.3) is 0 Å². The van der Waals surface area contributed by atoms with E-state index in [2.05, 4.69) is 21.6 Å². The molecule has 0 aromatic heterocycles. The van der Waals surface area contributed by atoms with Gasteiger partial charge in [0.1, 0.15) is 0 Å². The molecular weight excluding hydrogens is 174 g/mol. The Balaban J connectivity index is 2.05. The maximum Gasteiger partial charge on any atom is 0.0697 e. The number of nitrogens with one attached hydrogen (secondary N) is 1. The summed E-state index contributed by atoms with van der Waals surface area (Å²) in [5, 5.41) is 4.34. The Hall–Kier alpha value is -1.38. The summed E-state index contributed by atoms with van der Waals surface area (Å²) in [6, 6.07) is 0. The maximum absolute atomic E-state index is 4.59. The maximum atomic E-state index is 4.59. The van der Waals surface area contributed by atoms with Crippen molar-refractivity contribution in [1.29, 1.82) is 0 Å². The van der Waals surface area contributed by atoms with Gasteiger partial charge in [-0.1, -0.05) is 0 Å². The molecule has 1 aliphatic carbocycles. The lowest BCUT2D eigenvalue weighted by Crippen LogP contribution is -2.26. The Morgan fingerprint density at radius 3 is 3.36 bits per heavy atom. The number of rotatable bonds is 0. The topological polar surface area (TPSA) is 36.8 Å². The Morgan fingerprint density at radius 2 is 2.36 bits per heavy atom. The van der Waals surface area contributed by atoms with E-state index in [0.29, 0.717) is 5.92 Å². The molecule has 2 heterocycles. The second kappa shape index (κ2) is 3.08. The van der Waals surface area contributed by atoms with Crippen molar-refractivity contribution < 1.29 is 0 Å². The first kappa shape index (κ1) is 7.97. The van der Waals surface area contributed by atoms with E-state index in [0.717, 1.165) is 13.0 Å². The van der Waals surface area contributed by atoms with Crippen molar-refractivity contribution in [3.8, 4) is 0 Å². The summed E-state index contributed by atoms with van der Waals surface area (Å²) in [6.07, 6.45) is 9.55. The minimum Gasteiger partial charge on any atom is -0.289 e. The largest absolute Gasteiger partial charge is 0.289 e. The summed E-state index contributed by atoms with van der Waals surface area (Å²) in [7, 11) is 0. The smallest absolute Gasteiger partial charge is 0.0697 e. The van der Waals surface area contributed by atoms with Gasteiger partial charge >= 0.3 is 0 Å². The minimum absolute atomic E-state index is 0.701. The molecular formula is C11H13N3. The normalized spacial score (nSPS) is 29.1. The van der Waals surface area contributed by atoms with Crippen molar-refractivity contribution >= 4 is 11.4 Å². The molecule has 72 valence electrons. The van der Waals surface area contributed by atoms with E-state index in [9.17, 15) is 0 Å². The molecule has 3 heteroatoms. The van der Waals surface area contributed by atoms with Crippen molar-refractivity contribution in [2.24, 2.45) is 16.0 Å². The molecule has 2 aliphatic heterocycles. The monoisotopic (exact) mass is 187 g/mol. The summed E-state index contributed by atoms with van der Waals surface area (Å²) in [4.78, 5) is 4.59. The van der Waals surface area contributed by atoms with Gasteiger partial charge in [-0.3, -0.25) is 10.4 Å². The lowest BCUT2D eigenvalue weighted by Gasteiger charge is -2.22. The standard InChI is InChI=1S/C11H13N3/c1-2-9-10(14-13-6-1)4-3-8-5-7-12-11(8)9/h1-2,6,8,13H,3-5,7H2. The van der Waals surface area contributed by atoms with E-state index in [-0.39, 0.29) is 0 Å². The van der Waals surface area contributed by atoms with Gasteiger partial charge in [0, 0.05) is 29.9 Å². The van der Waals surface area contributed by atoms with Gasteiger partial charge in [0.2, 0.25) is 0 Å². The summed E-state index contributed by atoms with van der Waals surface area (Å²) in [5.74, 6) is 0.701. The van der Waals surface area contributed by atoms with Crippen LogP contribution in [-0.2, 0) is 0 Å². The Labute approximate surface area is 83.3 Å². The van der Waals surface area contributed by atoms with Crippen LogP contribution in [-0.4, -0.2) is 18.0 Å². The van der Waals surface area contributed by atoms with Crippen LogP contribution in [0.25, 0.3) is 0 Å². The molecule has 0 radical (unpaired) electrons. The van der Waals surface area contributed by atoms with E-state index in [1.807, 2.05) is 12.3 Å². The lowest BCUT2D eigenvalue weighted by molar-refractivity contribution is 0.625. The van der Waals surface area contributed by atoms with Crippen molar-refractivity contribution in [2.75, 3.05) is 6.54 Å². The summed E-state index contributed by atoms with van der Waals surface area (Å²) in [5.41, 5.74) is 6.66. The molecule has 3 aliphatic rings. The third-order valence-electron chi connectivity index (χ3n) is 3.10. The molecule has 3 nitrogen and oxygen atoms in total. The first-order valence-corrected chi connectivity index (χ1v) is 5.19. The van der Waals surface area contributed by atoms with E-state index in [4.69, 9.17) is 0 Å². The summed E-state index contributed by atoms with van der Waals surface area (Å²) in [6.45, 7) is 1.00. The molecule has 3 rings (SSSR count). The van der Waals surface area contributed by atoms with E-state index < -0.39 is 0 Å². The van der Waals surface area contributed by atoms with Crippen LogP contribution in [0.4, 0.5) is 0 Å². The predicted octanol–water partition coefficient (Wildman–Crippen LogP) is 1.64. The van der Waals surface area contributed by atoms with Gasteiger partial charge in [-0.2, -0.15) is 5.10 Å². The number of nitrogens with zero attached hydrogens (tertiary/aromatic N) is 2. The molecule has 0 saturated heterocycles. The van der Waals surface area contributed by atoms with Crippen LogP contribution >= 0.6 is 0 Å². The zero-order chi connectivity index (χ0) is 9.38. The second-order valence-corrected chi connectivity index (χ2v) is 3.92. The van der Waals surface area contributed by atoms with E-state index in [1.165, 1.54) is 29.8 Å². The summed E-state index contributed by atoms with van der Waals surface area (Å²) < 4.78 is 0. The van der Waals surface area contributed by atoms with Crippen LogP contribution in [0.3, 0.4) is 0 Å². The van der Waals surface area contributed by atoms with Gasteiger partial charge in [0.05, 0.1) is 5.71 Å². The molecule has 1 fully saturated rings. The molecule has 1 unspecified atom stereocenters. The fourth-order valence-electron chi connectivity index (χ4n) is 2.39. The number of hydrogen-bond acceptors (Lipinski definition) is 3. The SMILES string of the molecule is C1=CNN=C2CCC3CCN=C3C2=C1. The quantitative estimate of drug-likeness (QED) is 0.615. The first-order chi connectivity index (χ1) is 6.95. The van der Waals surface area contributed by atoms with Gasteiger partial charge < -0.3 is 0 Å². The Kier molecular flexibility index (Phi) is 1.76. The van der Waals surface area contributed by atoms with Crippen LogP contribution in [0.15, 0.2) is 34.0 Å². The number of allylic oxidation sites excluding steroid dienone is 3. The van der Waals surface area contributed by atoms with Crippen molar-refractivity contribution in [1.82, 2.24) is 5.43 Å². The molecule has 1 saturated carbocycles. The van der Waals surface area contributed by atoms with Crippen LogP contribution in [0.2, 0.25) is 0 Å². The second-order valence-electron chi connectivity index (χ2n) is 3.92. The highest BCUT2D eigenvalue weighted by Crippen LogP contribution is 2.31. The van der Waals surface area contributed by atoms with Crippen LogP contribution in [0.5, 0.6) is 0 Å². The van der Waals surface area contributed by atoms with Gasteiger partial charge in [-0.25, -0.2) is 0 Å². The fraction of sp³-hybridized carbons (Fsp3) is 0.455. The van der Waals surface area contributed by atoms with Gasteiger partial charge in [-0.05, 0) is 31.4 Å². The average molecular weight is 187 g/mol. The third-order valence-corrected chi connectivity index (χ3v) is 3.10. The van der Waals surface area contributed by atoms with Crippen molar-refractivity contribution in [2.45, 2.75) is 19.3 Å². The molecule has 0 spiro atoms. The number of fused-ring (bicyclic) bond motifs is 3. The van der Waals surface area contributed by atoms with Crippen LogP contribution in [0, 0.1) is 5.92 Å². The zero-order valence-electron chi connectivity index (χ0n) is 8.03. The average Bonchev–Trinajstić information content (AvgIpc) is 2.55. The van der Waals surface area contributed by atoms with E-state index in [1.54, 1.807) is 0 Å². The first-order valence-electron chi connectivity index (χ1n) is 5.19. The summed E-state index contributed by atoms with van der Waals surface area (Å²) >= 11 is 0. The molecule has 0 amide bonds. The fourth-order valence-corrected chi connectivity index (χ4v) is 2.39. The third kappa shape index (κ3) is 1.12. The molecule has 14 heavy (non-hydrogen) atoms.